The Morgan fingerprint density at radius 2 is 2.12 bits per heavy atom. The summed E-state index contributed by atoms with van der Waals surface area (Å²) in [5.74, 6) is 0.0932. The highest BCUT2D eigenvalue weighted by molar-refractivity contribution is 7.46. The largest absolute Gasteiger partial charge is 0.469 e. The minimum atomic E-state index is -4.41. The fourth-order valence-corrected chi connectivity index (χ4v) is 2.32. The van der Waals surface area contributed by atoms with Gasteiger partial charge in [-0.05, 0) is 18.8 Å². The lowest BCUT2D eigenvalue weighted by atomic mass is 10.1. The van der Waals surface area contributed by atoms with E-state index < -0.39 is 14.1 Å². The van der Waals surface area contributed by atoms with Gasteiger partial charge < -0.3 is 14.9 Å². The van der Waals surface area contributed by atoms with Crippen LogP contribution in [0.25, 0.3) is 0 Å². The van der Waals surface area contributed by atoms with Gasteiger partial charge in [-0.1, -0.05) is 13.8 Å². The third-order valence-electron chi connectivity index (χ3n) is 2.79. The van der Waals surface area contributed by atoms with E-state index in [0.717, 1.165) is 19.4 Å². The predicted octanol–water partition coefficient (Wildman–Crippen LogP) is 0.534. The Kier molecular flexibility index (Phi) is 4.91. The average molecular weight is 253 g/mol. The molecule has 0 amide bonds. The predicted molar refractivity (Wildman–Crippen MR) is 58.6 cm³/mol. The number of likely N-dealkylation sites (tertiary alicyclic amines) is 1. The van der Waals surface area contributed by atoms with E-state index in [1.54, 1.807) is 0 Å². The first-order valence-corrected chi connectivity index (χ1v) is 6.98. The van der Waals surface area contributed by atoms with Gasteiger partial charge in [0.1, 0.15) is 6.23 Å². The average Bonchev–Trinajstić information content (AvgIpc) is 2.59. The normalized spacial score (nSPS) is 25.2. The fraction of sp³-hybridized carbons (Fsp3) is 1.00. The smallest absolute Gasteiger partial charge is 0.378 e. The number of aliphatic hydroxyl groups is 1. The van der Waals surface area contributed by atoms with Crippen molar-refractivity contribution in [2.24, 2.45) is 5.92 Å². The van der Waals surface area contributed by atoms with Crippen molar-refractivity contribution >= 4 is 7.82 Å². The van der Waals surface area contributed by atoms with Gasteiger partial charge in [-0.25, -0.2) is 4.57 Å². The number of hydrogen-bond acceptors (Lipinski definition) is 4. The molecular weight excluding hydrogens is 233 g/mol. The molecular formula is C9H20NO5P. The van der Waals surface area contributed by atoms with Crippen LogP contribution in [0.5, 0.6) is 0 Å². The van der Waals surface area contributed by atoms with Gasteiger partial charge in [0.05, 0.1) is 6.61 Å². The molecule has 0 spiro atoms. The summed E-state index contributed by atoms with van der Waals surface area (Å²) < 4.78 is 15.1. The van der Waals surface area contributed by atoms with Crippen molar-refractivity contribution in [3.63, 3.8) is 0 Å². The van der Waals surface area contributed by atoms with E-state index >= 15 is 0 Å². The van der Waals surface area contributed by atoms with Crippen LogP contribution >= 0.6 is 7.82 Å². The maximum atomic E-state index is 10.6. The number of rotatable bonds is 5. The lowest BCUT2D eigenvalue weighted by molar-refractivity contribution is -0.0469. The molecule has 1 heterocycles. The van der Waals surface area contributed by atoms with Crippen LogP contribution in [0.2, 0.25) is 0 Å². The molecule has 3 N–H and O–H groups in total. The zero-order valence-corrected chi connectivity index (χ0v) is 10.5. The third-order valence-corrected chi connectivity index (χ3v) is 3.28. The molecule has 0 bridgehead atoms. The van der Waals surface area contributed by atoms with E-state index in [0.29, 0.717) is 0 Å². The standard InChI is InChI=1S/C9H20NO5P/c1-7(2)9(11)10-5-3-4-8(10)6-15-16(12,13)14/h7-9,11H,3-6H2,1-2H3,(H2,12,13,14). The van der Waals surface area contributed by atoms with Gasteiger partial charge in [0.15, 0.2) is 0 Å². The van der Waals surface area contributed by atoms with Crippen LogP contribution in [0.1, 0.15) is 26.7 Å². The van der Waals surface area contributed by atoms with Crippen molar-refractivity contribution in [3.8, 4) is 0 Å². The molecule has 0 aliphatic carbocycles. The summed E-state index contributed by atoms with van der Waals surface area (Å²) >= 11 is 0. The van der Waals surface area contributed by atoms with Gasteiger partial charge in [0.2, 0.25) is 0 Å². The SMILES string of the molecule is CC(C)C(O)N1CCCC1COP(=O)(O)O. The first-order valence-electron chi connectivity index (χ1n) is 5.45. The van der Waals surface area contributed by atoms with Gasteiger partial charge in [-0.2, -0.15) is 0 Å². The van der Waals surface area contributed by atoms with Gasteiger partial charge in [-0.3, -0.25) is 9.42 Å². The van der Waals surface area contributed by atoms with Gasteiger partial charge >= 0.3 is 7.82 Å². The summed E-state index contributed by atoms with van der Waals surface area (Å²) in [5, 5.41) is 9.90. The summed E-state index contributed by atoms with van der Waals surface area (Å²) in [6, 6.07) is -0.106. The van der Waals surface area contributed by atoms with Crippen molar-refractivity contribution in [1.82, 2.24) is 4.90 Å². The molecule has 7 heteroatoms. The highest BCUT2D eigenvalue weighted by Gasteiger charge is 2.32. The number of aliphatic hydroxyl groups excluding tert-OH is 1. The van der Waals surface area contributed by atoms with E-state index in [9.17, 15) is 9.67 Å². The summed E-state index contributed by atoms with van der Waals surface area (Å²) in [5.41, 5.74) is 0. The van der Waals surface area contributed by atoms with Crippen LogP contribution < -0.4 is 0 Å². The Hall–Kier alpha value is 0.0300. The van der Waals surface area contributed by atoms with Crippen molar-refractivity contribution in [2.75, 3.05) is 13.2 Å². The van der Waals surface area contributed by atoms with E-state index in [1.165, 1.54) is 0 Å². The lowest BCUT2D eigenvalue weighted by Gasteiger charge is -2.31. The van der Waals surface area contributed by atoms with Crippen molar-refractivity contribution in [3.05, 3.63) is 0 Å². The van der Waals surface area contributed by atoms with Crippen LogP contribution in [-0.4, -0.2) is 45.2 Å². The maximum absolute atomic E-state index is 10.6. The number of phosphoric acid groups is 1. The second kappa shape index (κ2) is 5.58. The molecule has 16 heavy (non-hydrogen) atoms. The van der Waals surface area contributed by atoms with Crippen LogP contribution in [0.15, 0.2) is 0 Å². The van der Waals surface area contributed by atoms with Gasteiger partial charge in [0.25, 0.3) is 0 Å². The van der Waals surface area contributed by atoms with E-state index in [1.807, 2.05) is 18.7 Å². The summed E-state index contributed by atoms with van der Waals surface area (Å²) in [4.78, 5) is 19.1. The van der Waals surface area contributed by atoms with Crippen molar-refractivity contribution < 1.29 is 24.0 Å². The van der Waals surface area contributed by atoms with Crippen LogP contribution in [0.4, 0.5) is 0 Å². The Bertz CT molecular complexity index is 267. The molecule has 2 atom stereocenters. The Labute approximate surface area is 95.5 Å². The highest BCUT2D eigenvalue weighted by atomic mass is 31.2. The third kappa shape index (κ3) is 4.13. The highest BCUT2D eigenvalue weighted by Crippen LogP contribution is 2.37. The summed E-state index contributed by atoms with van der Waals surface area (Å²) in [6.45, 7) is 4.52. The molecule has 0 saturated carbocycles. The fourth-order valence-electron chi connectivity index (χ4n) is 1.95. The molecule has 1 aliphatic heterocycles. The monoisotopic (exact) mass is 253 g/mol. The minimum Gasteiger partial charge on any atom is -0.378 e. The molecule has 0 aromatic heterocycles. The first-order chi connectivity index (χ1) is 7.31. The number of phosphoric ester groups is 1. The first kappa shape index (κ1) is 14.1. The van der Waals surface area contributed by atoms with E-state index in [-0.39, 0.29) is 18.6 Å². The molecule has 1 rings (SSSR count). The lowest BCUT2D eigenvalue weighted by Crippen LogP contribution is -2.43. The molecule has 1 fully saturated rings. The molecule has 1 saturated heterocycles. The molecule has 0 aromatic rings. The Morgan fingerprint density at radius 3 is 2.62 bits per heavy atom. The zero-order valence-electron chi connectivity index (χ0n) is 9.61. The molecule has 96 valence electrons. The Balaban J connectivity index is 2.49. The van der Waals surface area contributed by atoms with Crippen molar-refractivity contribution in [2.45, 2.75) is 39.0 Å². The number of nitrogens with zero attached hydrogens (tertiary/aromatic N) is 1. The van der Waals surface area contributed by atoms with Crippen LogP contribution in [0.3, 0.4) is 0 Å². The molecule has 1 aliphatic rings. The Morgan fingerprint density at radius 1 is 1.50 bits per heavy atom. The van der Waals surface area contributed by atoms with Gasteiger partial charge in [0, 0.05) is 12.6 Å². The van der Waals surface area contributed by atoms with E-state index in [4.69, 9.17) is 9.79 Å². The molecule has 6 nitrogen and oxygen atoms in total. The van der Waals surface area contributed by atoms with Crippen molar-refractivity contribution in [1.29, 1.82) is 0 Å². The molecule has 0 aromatic carbocycles. The van der Waals surface area contributed by atoms with Crippen LogP contribution in [0, 0.1) is 5.92 Å². The topological polar surface area (TPSA) is 90.2 Å². The molecule has 2 unspecified atom stereocenters. The quantitative estimate of drug-likeness (QED) is 0.619. The maximum Gasteiger partial charge on any atom is 0.469 e. The van der Waals surface area contributed by atoms with Crippen LogP contribution in [-0.2, 0) is 9.09 Å². The second-order valence-corrected chi connectivity index (χ2v) is 5.72. The van der Waals surface area contributed by atoms with Gasteiger partial charge in [-0.15, -0.1) is 0 Å². The zero-order chi connectivity index (χ0) is 12.3. The second-order valence-electron chi connectivity index (χ2n) is 4.48. The summed E-state index contributed by atoms with van der Waals surface area (Å²) in [7, 11) is -4.41. The molecule has 0 radical (unpaired) electrons. The summed E-state index contributed by atoms with van der Waals surface area (Å²) in [6.07, 6.45) is 1.14. The number of hydrogen-bond donors (Lipinski definition) is 3. The minimum absolute atomic E-state index is 0.0337. The van der Waals surface area contributed by atoms with E-state index in [2.05, 4.69) is 4.52 Å².